The molecule has 2 aromatic rings. The number of nitrogens with zero attached hydrogens (tertiary/aromatic N) is 2. The van der Waals surface area contributed by atoms with Gasteiger partial charge < -0.3 is 0 Å². The molecule has 2 aromatic heterocycles. The normalized spacial score (nSPS) is 11.6. The van der Waals surface area contributed by atoms with Gasteiger partial charge in [0.15, 0.2) is 0 Å². The summed E-state index contributed by atoms with van der Waals surface area (Å²) >= 11 is 0. The molecule has 0 aliphatic carbocycles. The monoisotopic (exact) mass is 240 g/mol. The van der Waals surface area contributed by atoms with Crippen LogP contribution < -0.4 is 0 Å². The van der Waals surface area contributed by atoms with Gasteiger partial charge in [-0.05, 0) is 49.1 Å². The SMILES string of the molecule is Cc1ccc(-c2cc(C(C)(C)C)ccn2)c(C)n1. The van der Waals surface area contributed by atoms with Crippen LogP contribution in [0.2, 0.25) is 0 Å². The maximum Gasteiger partial charge on any atom is 0.0723 e. The Morgan fingerprint density at radius 2 is 1.72 bits per heavy atom. The number of hydrogen-bond donors (Lipinski definition) is 0. The summed E-state index contributed by atoms with van der Waals surface area (Å²) in [5.41, 5.74) is 5.65. The van der Waals surface area contributed by atoms with E-state index in [0.717, 1.165) is 22.6 Å². The van der Waals surface area contributed by atoms with Gasteiger partial charge in [0.2, 0.25) is 0 Å². The summed E-state index contributed by atoms with van der Waals surface area (Å²) in [5, 5.41) is 0. The molecule has 0 N–H and O–H groups in total. The fraction of sp³-hybridized carbons (Fsp3) is 0.375. The standard InChI is InChI=1S/C16H20N2/c1-11-6-7-14(12(2)18-11)15-10-13(8-9-17-15)16(3,4)5/h6-10H,1-5H3. The van der Waals surface area contributed by atoms with E-state index >= 15 is 0 Å². The number of hydrogen-bond acceptors (Lipinski definition) is 2. The van der Waals surface area contributed by atoms with Gasteiger partial charge >= 0.3 is 0 Å². The van der Waals surface area contributed by atoms with Crippen molar-refractivity contribution in [3.63, 3.8) is 0 Å². The number of aryl methyl sites for hydroxylation is 2. The first-order valence-electron chi connectivity index (χ1n) is 6.29. The van der Waals surface area contributed by atoms with Crippen molar-refractivity contribution in [2.75, 3.05) is 0 Å². The minimum absolute atomic E-state index is 0.143. The molecule has 0 atom stereocenters. The summed E-state index contributed by atoms with van der Waals surface area (Å²) in [6, 6.07) is 8.39. The summed E-state index contributed by atoms with van der Waals surface area (Å²) in [5.74, 6) is 0. The maximum absolute atomic E-state index is 4.50. The van der Waals surface area contributed by atoms with Gasteiger partial charge in [0.05, 0.1) is 5.69 Å². The molecule has 0 saturated carbocycles. The highest BCUT2D eigenvalue weighted by molar-refractivity contribution is 5.62. The second-order valence-corrected chi connectivity index (χ2v) is 5.77. The zero-order valence-corrected chi connectivity index (χ0v) is 11.8. The van der Waals surface area contributed by atoms with Crippen molar-refractivity contribution in [1.29, 1.82) is 0 Å². The molecule has 0 aromatic carbocycles. The van der Waals surface area contributed by atoms with Crippen LogP contribution in [-0.4, -0.2) is 9.97 Å². The zero-order chi connectivity index (χ0) is 13.3. The molecule has 2 rings (SSSR count). The van der Waals surface area contributed by atoms with E-state index < -0.39 is 0 Å². The Morgan fingerprint density at radius 3 is 2.33 bits per heavy atom. The Morgan fingerprint density at radius 1 is 1.00 bits per heavy atom. The van der Waals surface area contributed by atoms with E-state index in [-0.39, 0.29) is 5.41 Å². The van der Waals surface area contributed by atoms with Crippen molar-refractivity contribution in [2.45, 2.75) is 40.0 Å². The second kappa shape index (κ2) is 4.52. The predicted molar refractivity (Wildman–Crippen MR) is 75.6 cm³/mol. The van der Waals surface area contributed by atoms with Gasteiger partial charge in [-0.3, -0.25) is 9.97 Å². The van der Waals surface area contributed by atoms with Crippen LogP contribution in [0, 0.1) is 13.8 Å². The smallest absolute Gasteiger partial charge is 0.0723 e. The maximum atomic E-state index is 4.50. The van der Waals surface area contributed by atoms with Gasteiger partial charge in [0, 0.05) is 23.1 Å². The number of pyridine rings is 2. The highest BCUT2D eigenvalue weighted by atomic mass is 14.7. The Balaban J connectivity index is 2.51. The van der Waals surface area contributed by atoms with Crippen LogP contribution in [0.1, 0.15) is 37.7 Å². The second-order valence-electron chi connectivity index (χ2n) is 5.77. The van der Waals surface area contributed by atoms with Crippen LogP contribution in [0.3, 0.4) is 0 Å². The molecule has 0 aliphatic heterocycles. The quantitative estimate of drug-likeness (QED) is 0.751. The molecule has 2 heteroatoms. The molecular weight excluding hydrogens is 220 g/mol. The molecule has 0 fully saturated rings. The van der Waals surface area contributed by atoms with Gasteiger partial charge in [-0.25, -0.2) is 0 Å². The first kappa shape index (κ1) is 12.7. The van der Waals surface area contributed by atoms with E-state index in [0.29, 0.717) is 0 Å². The number of aromatic nitrogens is 2. The minimum atomic E-state index is 0.143. The molecular formula is C16H20N2. The van der Waals surface area contributed by atoms with Crippen molar-refractivity contribution >= 4 is 0 Å². The van der Waals surface area contributed by atoms with E-state index in [4.69, 9.17) is 0 Å². The van der Waals surface area contributed by atoms with E-state index in [2.05, 4.69) is 48.9 Å². The van der Waals surface area contributed by atoms with Crippen LogP contribution in [0.4, 0.5) is 0 Å². The van der Waals surface area contributed by atoms with Crippen LogP contribution >= 0.6 is 0 Å². The highest BCUT2D eigenvalue weighted by Crippen LogP contribution is 2.27. The average Bonchev–Trinajstić information content (AvgIpc) is 2.28. The molecule has 2 heterocycles. The zero-order valence-electron chi connectivity index (χ0n) is 11.8. The van der Waals surface area contributed by atoms with Crippen LogP contribution in [0.15, 0.2) is 30.5 Å². The van der Waals surface area contributed by atoms with E-state index in [1.165, 1.54) is 5.56 Å². The van der Waals surface area contributed by atoms with Crippen molar-refractivity contribution in [2.24, 2.45) is 0 Å². The lowest BCUT2D eigenvalue weighted by Gasteiger charge is -2.19. The molecule has 0 amide bonds. The largest absolute Gasteiger partial charge is 0.258 e. The Kier molecular flexibility index (Phi) is 3.20. The third-order valence-corrected chi connectivity index (χ3v) is 3.13. The molecule has 18 heavy (non-hydrogen) atoms. The third-order valence-electron chi connectivity index (χ3n) is 3.13. The van der Waals surface area contributed by atoms with E-state index in [1.807, 2.05) is 26.1 Å². The fourth-order valence-electron chi connectivity index (χ4n) is 2.00. The minimum Gasteiger partial charge on any atom is -0.258 e. The van der Waals surface area contributed by atoms with E-state index in [1.54, 1.807) is 0 Å². The molecule has 0 bridgehead atoms. The van der Waals surface area contributed by atoms with Crippen LogP contribution in [0.5, 0.6) is 0 Å². The van der Waals surface area contributed by atoms with Crippen molar-refractivity contribution in [3.05, 3.63) is 47.4 Å². The summed E-state index contributed by atoms with van der Waals surface area (Å²) in [4.78, 5) is 8.98. The Bertz CT molecular complexity index is 566. The lowest BCUT2D eigenvalue weighted by Crippen LogP contribution is -2.11. The first-order chi connectivity index (χ1) is 8.38. The molecule has 0 aliphatic rings. The van der Waals surface area contributed by atoms with Gasteiger partial charge in [0.1, 0.15) is 0 Å². The molecule has 0 saturated heterocycles. The first-order valence-corrected chi connectivity index (χ1v) is 6.29. The Labute approximate surface area is 109 Å². The molecule has 94 valence electrons. The third kappa shape index (κ3) is 2.58. The fourth-order valence-corrected chi connectivity index (χ4v) is 2.00. The Hall–Kier alpha value is -1.70. The summed E-state index contributed by atoms with van der Waals surface area (Å²) < 4.78 is 0. The van der Waals surface area contributed by atoms with Gasteiger partial charge in [-0.15, -0.1) is 0 Å². The van der Waals surface area contributed by atoms with Crippen LogP contribution in [0.25, 0.3) is 11.3 Å². The predicted octanol–water partition coefficient (Wildman–Crippen LogP) is 4.06. The molecule has 0 radical (unpaired) electrons. The van der Waals surface area contributed by atoms with Crippen LogP contribution in [-0.2, 0) is 5.41 Å². The van der Waals surface area contributed by atoms with Gasteiger partial charge in [-0.1, -0.05) is 20.8 Å². The average molecular weight is 240 g/mol. The topological polar surface area (TPSA) is 25.8 Å². The van der Waals surface area contributed by atoms with Crippen molar-refractivity contribution in [1.82, 2.24) is 9.97 Å². The summed E-state index contributed by atoms with van der Waals surface area (Å²) in [6.07, 6.45) is 1.88. The van der Waals surface area contributed by atoms with Gasteiger partial charge in [0.25, 0.3) is 0 Å². The number of rotatable bonds is 1. The summed E-state index contributed by atoms with van der Waals surface area (Å²) in [6.45, 7) is 10.7. The van der Waals surface area contributed by atoms with Crippen molar-refractivity contribution < 1.29 is 0 Å². The van der Waals surface area contributed by atoms with Gasteiger partial charge in [-0.2, -0.15) is 0 Å². The molecule has 2 nitrogen and oxygen atoms in total. The molecule has 0 unspecified atom stereocenters. The summed E-state index contributed by atoms with van der Waals surface area (Å²) in [7, 11) is 0. The lowest BCUT2D eigenvalue weighted by molar-refractivity contribution is 0.589. The van der Waals surface area contributed by atoms with Crippen molar-refractivity contribution in [3.8, 4) is 11.3 Å². The molecule has 0 spiro atoms. The van der Waals surface area contributed by atoms with E-state index in [9.17, 15) is 0 Å². The lowest BCUT2D eigenvalue weighted by atomic mass is 9.87. The highest BCUT2D eigenvalue weighted by Gasteiger charge is 2.15.